The van der Waals surface area contributed by atoms with Crippen LogP contribution in [0, 0.1) is 6.92 Å². The summed E-state index contributed by atoms with van der Waals surface area (Å²) in [5.74, 6) is 0. The van der Waals surface area contributed by atoms with Crippen LogP contribution in [0.1, 0.15) is 41.0 Å². The van der Waals surface area contributed by atoms with E-state index >= 15 is 0 Å². The van der Waals surface area contributed by atoms with Crippen molar-refractivity contribution in [3.8, 4) is 0 Å². The Labute approximate surface area is 121 Å². The maximum atomic E-state index is 12.8. The third-order valence-electron chi connectivity index (χ3n) is 3.27. The number of halogens is 3. The van der Waals surface area contributed by atoms with Gasteiger partial charge >= 0.3 is 6.18 Å². The molecule has 0 aliphatic carbocycles. The van der Waals surface area contributed by atoms with E-state index in [0.29, 0.717) is 28.9 Å². The lowest BCUT2D eigenvalue weighted by Gasteiger charge is -2.17. The van der Waals surface area contributed by atoms with Crippen molar-refractivity contribution in [1.29, 1.82) is 0 Å². The third-order valence-corrected chi connectivity index (χ3v) is 3.27. The van der Waals surface area contributed by atoms with Gasteiger partial charge in [0.15, 0.2) is 0 Å². The average molecular weight is 295 g/mol. The molecule has 1 atom stereocenters. The number of nitrogens with zero attached hydrogens (tertiary/aromatic N) is 2. The Morgan fingerprint density at radius 3 is 2.52 bits per heavy atom. The minimum absolute atomic E-state index is 0.409. The van der Waals surface area contributed by atoms with E-state index in [9.17, 15) is 13.2 Å². The van der Waals surface area contributed by atoms with E-state index in [1.165, 1.54) is 6.07 Å². The van der Waals surface area contributed by atoms with Gasteiger partial charge in [0.1, 0.15) is 0 Å². The van der Waals surface area contributed by atoms with E-state index in [2.05, 4.69) is 10.2 Å². The number of nitrogens with two attached hydrogens (primary N) is 1. The first kappa shape index (κ1) is 15.4. The second-order valence-electron chi connectivity index (χ2n) is 4.84. The molecule has 0 spiro atoms. The number of hydrogen-bond donors (Lipinski definition) is 1. The second kappa shape index (κ2) is 5.81. The van der Waals surface area contributed by atoms with Crippen molar-refractivity contribution in [2.24, 2.45) is 5.73 Å². The molecular formula is C15H16F3N3. The van der Waals surface area contributed by atoms with Crippen LogP contribution in [0.25, 0.3) is 0 Å². The van der Waals surface area contributed by atoms with Crippen molar-refractivity contribution >= 4 is 0 Å². The van der Waals surface area contributed by atoms with Gasteiger partial charge in [0.05, 0.1) is 23.0 Å². The Bertz CT molecular complexity index is 638. The smallest absolute Gasteiger partial charge is 0.320 e. The highest BCUT2D eigenvalue weighted by Crippen LogP contribution is 2.32. The Balaban J connectivity index is 2.45. The van der Waals surface area contributed by atoms with Gasteiger partial charge in [-0.05, 0) is 42.7 Å². The quantitative estimate of drug-likeness (QED) is 0.944. The molecule has 21 heavy (non-hydrogen) atoms. The van der Waals surface area contributed by atoms with Crippen LogP contribution in [-0.2, 0) is 12.6 Å². The predicted molar refractivity (Wildman–Crippen MR) is 73.6 cm³/mol. The minimum atomic E-state index is -4.38. The summed E-state index contributed by atoms with van der Waals surface area (Å²) in [6, 6.07) is 6.19. The van der Waals surface area contributed by atoms with Crippen LogP contribution in [0.4, 0.5) is 13.2 Å². The lowest BCUT2D eigenvalue weighted by molar-refractivity contribution is -0.137. The maximum absolute atomic E-state index is 12.8. The number of hydrogen-bond acceptors (Lipinski definition) is 3. The lowest BCUT2D eigenvalue weighted by atomic mass is 9.96. The zero-order valence-electron chi connectivity index (χ0n) is 11.8. The first-order chi connectivity index (χ1) is 9.82. The SMILES string of the molecule is CCc1nnc(C)cc1C(N)c1cccc(C(F)(F)F)c1. The van der Waals surface area contributed by atoms with Crippen molar-refractivity contribution in [2.75, 3.05) is 0 Å². The predicted octanol–water partition coefficient (Wildman–Crippen LogP) is 3.41. The van der Waals surface area contributed by atoms with Crippen molar-refractivity contribution in [2.45, 2.75) is 32.5 Å². The normalized spacial score (nSPS) is 13.2. The summed E-state index contributed by atoms with van der Waals surface area (Å²) in [5.41, 5.74) is 7.94. The second-order valence-corrected chi connectivity index (χ2v) is 4.84. The van der Waals surface area contributed by atoms with Gasteiger partial charge in [-0.15, -0.1) is 0 Å². The summed E-state index contributed by atoms with van der Waals surface area (Å²) in [6.45, 7) is 3.68. The molecule has 1 aromatic carbocycles. The zero-order valence-corrected chi connectivity index (χ0v) is 11.8. The molecule has 0 saturated carbocycles. The highest BCUT2D eigenvalue weighted by atomic mass is 19.4. The number of benzene rings is 1. The van der Waals surface area contributed by atoms with E-state index < -0.39 is 17.8 Å². The van der Waals surface area contributed by atoms with Gasteiger partial charge in [-0.2, -0.15) is 23.4 Å². The number of rotatable bonds is 3. The molecule has 0 aliphatic rings. The molecule has 0 bridgehead atoms. The van der Waals surface area contributed by atoms with Crippen LogP contribution >= 0.6 is 0 Å². The zero-order chi connectivity index (χ0) is 15.6. The molecule has 0 saturated heterocycles. The first-order valence-corrected chi connectivity index (χ1v) is 6.58. The maximum Gasteiger partial charge on any atom is 0.416 e. The molecule has 2 rings (SSSR count). The Kier molecular flexibility index (Phi) is 4.27. The van der Waals surface area contributed by atoms with Crippen LogP contribution in [0.2, 0.25) is 0 Å². The van der Waals surface area contributed by atoms with Gasteiger partial charge in [0, 0.05) is 0 Å². The Hall–Kier alpha value is -1.95. The van der Waals surface area contributed by atoms with Gasteiger partial charge in [-0.1, -0.05) is 19.1 Å². The molecule has 0 amide bonds. The van der Waals surface area contributed by atoms with Crippen LogP contribution in [0.15, 0.2) is 30.3 Å². The highest BCUT2D eigenvalue weighted by Gasteiger charge is 2.31. The van der Waals surface area contributed by atoms with Crippen molar-refractivity contribution in [3.05, 3.63) is 58.4 Å². The largest absolute Gasteiger partial charge is 0.416 e. The van der Waals surface area contributed by atoms with E-state index in [1.807, 2.05) is 6.92 Å². The summed E-state index contributed by atoms with van der Waals surface area (Å²) in [6.07, 6.45) is -3.76. The van der Waals surface area contributed by atoms with Gasteiger partial charge < -0.3 is 5.73 Å². The van der Waals surface area contributed by atoms with Crippen molar-refractivity contribution in [1.82, 2.24) is 10.2 Å². The van der Waals surface area contributed by atoms with Gasteiger partial charge in [0.25, 0.3) is 0 Å². The highest BCUT2D eigenvalue weighted by molar-refractivity contribution is 5.36. The molecule has 2 N–H and O–H groups in total. The van der Waals surface area contributed by atoms with Crippen LogP contribution in [0.5, 0.6) is 0 Å². The monoisotopic (exact) mass is 295 g/mol. The topological polar surface area (TPSA) is 51.8 Å². The fourth-order valence-electron chi connectivity index (χ4n) is 2.17. The molecule has 112 valence electrons. The average Bonchev–Trinajstić information content (AvgIpc) is 2.45. The van der Waals surface area contributed by atoms with Gasteiger partial charge in [-0.25, -0.2) is 0 Å². The van der Waals surface area contributed by atoms with E-state index in [1.54, 1.807) is 19.1 Å². The number of aryl methyl sites for hydroxylation is 2. The first-order valence-electron chi connectivity index (χ1n) is 6.58. The van der Waals surface area contributed by atoms with Gasteiger partial charge in [-0.3, -0.25) is 0 Å². The molecule has 0 aliphatic heterocycles. The third kappa shape index (κ3) is 3.39. The Morgan fingerprint density at radius 1 is 1.19 bits per heavy atom. The van der Waals surface area contributed by atoms with Crippen molar-refractivity contribution < 1.29 is 13.2 Å². The molecule has 0 fully saturated rings. The molecule has 1 aromatic heterocycles. The van der Waals surface area contributed by atoms with Crippen LogP contribution in [0.3, 0.4) is 0 Å². The van der Waals surface area contributed by atoms with E-state index in [4.69, 9.17) is 5.73 Å². The number of alkyl halides is 3. The summed E-state index contributed by atoms with van der Waals surface area (Å²) in [7, 11) is 0. The molecule has 0 radical (unpaired) electrons. The van der Waals surface area contributed by atoms with E-state index in [0.717, 1.165) is 12.1 Å². The lowest BCUT2D eigenvalue weighted by Crippen LogP contribution is -2.17. The standard InChI is InChI=1S/C15H16F3N3/c1-3-13-12(7-9(2)20-21-13)14(19)10-5-4-6-11(8-10)15(16,17)18/h4-8,14H,3,19H2,1-2H3. The molecule has 6 heteroatoms. The van der Waals surface area contributed by atoms with Gasteiger partial charge in [0.2, 0.25) is 0 Å². The molecule has 1 heterocycles. The fourth-order valence-corrected chi connectivity index (χ4v) is 2.17. The summed E-state index contributed by atoms with van der Waals surface area (Å²) >= 11 is 0. The number of aromatic nitrogens is 2. The molecule has 1 unspecified atom stereocenters. The fraction of sp³-hybridized carbons (Fsp3) is 0.333. The van der Waals surface area contributed by atoms with Crippen molar-refractivity contribution in [3.63, 3.8) is 0 Å². The Morgan fingerprint density at radius 2 is 1.90 bits per heavy atom. The summed E-state index contributed by atoms with van der Waals surface area (Å²) in [5, 5.41) is 8.02. The summed E-state index contributed by atoms with van der Waals surface area (Å²) in [4.78, 5) is 0. The minimum Gasteiger partial charge on any atom is -0.320 e. The molecule has 3 nitrogen and oxygen atoms in total. The molecule has 2 aromatic rings. The summed E-state index contributed by atoms with van der Waals surface area (Å²) < 4.78 is 38.3. The van der Waals surface area contributed by atoms with E-state index in [-0.39, 0.29) is 0 Å². The van der Waals surface area contributed by atoms with Crippen LogP contribution in [-0.4, -0.2) is 10.2 Å². The molecular weight excluding hydrogens is 279 g/mol. The van der Waals surface area contributed by atoms with Crippen LogP contribution < -0.4 is 5.73 Å².